The van der Waals surface area contributed by atoms with Crippen LogP contribution >= 0.6 is 11.8 Å². The molecule has 27 heavy (non-hydrogen) atoms. The second-order valence-corrected chi connectivity index (χ2v) is 6.41. The van der Waals surface area contributed by atoms with Crippen LogP contribution in [-0.4, -0.2) is 34.4 Å². The lowest BCUT2D eigenvalue weighted by atomic mass is 10.1. The fourth-order valence-corrected chi connectivity index (χ4v) is 2.84. The minimum atomic E-state index is -4.54. The van der Waals surface area contributed by atoms with Gasteiger partial charge in [-0.15, -0.1) is 10.2 Å². The van der Waals surface area contributed by atoms with Gasteiger partial charge in [-0.2, -0.15) is 13.2 Å². The number of halogens is 3. The number of carbonyl (C=O) groups excluding carboxylic acids is 2. The SMILES string of the molecule is CC[C@@H](Sc1nnc(CNC(=O)c2cccc(C(F)(F)F)c2)o1)C(=O)OC. The first-order valence-corrected chi connectivity index (χ1v) is 8.65. The number of esters is 1. The Morgan fingerprint density at radius 3 is 2.70 bits per heavy atom. The van der Waals surface area contributed by atoms with Crippen molar-refractivity contribution in [1.29, 1.82) is 0 Å². The molecule has 1 aromatic heterocycles. The first-order chi connectivity index (χ1) is 12.7. The highest BCUT2D eigenvalue weighted by Gasteiger charge is 2.31. The van der Waals surface area contributed by atoms with Crippen molar-refractivity contribution in [3.63, 3.8) is 0 Å². The molecule has 0 radical (unpaired) electrons. The Labute approximate surface area is 156 Å². The Morgan fingerprint density at radius 1 is 1.33 bits per heavy atom. The van der Waals surface area contributed by atoms with Gasteiger partial charge in [0.1, 0.15) is 5.25 Å². The summed E-state index contributed by atoms with van der Waals surface area (Å²) in [7, 11) is 1.27. The topological polar surface area (TPSA) is 94.3 Å². The van der Waals surface area contributed by atoms with Crippen molar-refractivity contribution in [2.24, 2.45) is 0 Å². The lowest BCUT2D eigenvalue weighted by Gasteiger charge is -2.08. The molecule has 11 heteroatoms. The molecule has 146 valence electrons. The summed E-state index contributed by atoms with van der Waals surface area (Å²) in [6, 6.07) is 4.05. The van der Waals surface area contributed by atoms with E-state index < -0.39 is 28.9 Å². The van der Waals surface area contributed by atoms with Gasteiger partial charge in [0, 0.05) is 5.56 Å². The van der Waals surface area contributed by atoms with Crippen molar-refractivity contribution in [2.75, 3.05) is 7.11 Å². The Bertz CT molecular complexity index is 810. The van der Waals surface area contributed by atoms with E-state index in [1.165, 1.54) is 13.2 Å². The van der Waals surface area contributed by atoms with Gasteiger partial charge in [0.15, 0.2) is 0 Å². The molecule has 1 aromatic carbocycles. The maximum Gasteiger partial charge on any atom is 0.416 e. The number of alkyl halides is 3. The first-order valence-electron chi connectivity index (χ1n) is 7.77. The number of thioether (sulfide) groups is 1. The molecule has 0 spiro atoms. The van der Waals surface area contributed by atoms with E-state index in [-0.39, 0.29) is 23.2 Å². The minimum Gasteiger partial charge on any atom is -0.468 e. The zero-order valence-corrected chi connectivity index (χ0v) is 15.2. The van der Waals surface area contributed by atoms with Gasteiger partial charge < -0.3 is 14.5 Å². The highest BCUT2D eigenvalue weighted by Crippen LogP contribution is 2.29. The van der Waals surface area contributed by atoms with Crippen LogP contribution < -0.4 is 5.32 Å². The Balaban J connectivity index is 1.96. The quantitative estimate of drug-likeness (QED) is 0.561. The number of rotatable bonds is 7. The average Bonchev–Trinajstić information content (AvgIpc) is 3.10. The van der Waals surface area contributed by atoms with Crippen LogP contribution in [0.15, 0.2) is 33.9 Å². The molecule has 0 aliphatic carbocycles. The number of benzene rings is 1. The van der Waals surface area contributed by atoms with E-state index in [2.05, 4.69) is 20.3 Å². The van der Waals surface area contributed by atoms with Crippen LogP contribution in [0, 0.1) is 0 Å². The summed E-state index contributed by atoms with van der Waals surface area (Å²) < 4.78 is 48.1. The van der Waals surface area contributed by atoms with E-state index in [4.69, 9.17) is 4.42 Å². The molecule has 1 amide bonds. The van der Waals surface area contributed by atoms with Gasteiger partial charge in [-0.05, 0) is 24.6 Å². The molecule has 0 fully saturated rings. The highest BCUT2D eigenvalue weighted by molar-refractivity contribution is 8.00. The second-order valence-electron chi connectivity index (χ2n) is 5.26. The van der Waals surface area contributed by atoms with Crippen LogP contribution in [0.25, 0.3) is 0 Å². The molecule has 0 saturated carbocycles. The van der Waals surface area contributed by atoms with E-state index in [0.717, 1.165) is 30.0 Å². The molecule has 0 saturated heterocycles. The summed E-state index contributed by atoms with van der Waals surface area (Å²) in [6.07, 6.45) is -4.05. The number of nitrogens with zero attached hydrogens (tertiary/aromatic N) is 2. The molecule has 1 N–H and O–H groups in total. The van der Waals surface area contributed by atoms with E-state index in [1.54, 1.807) is 6.92 Å². The lowest BCUT2D eigenvalue weighted by Crippen LogP contribution is -2.23. The standard InChI is InChI=1S/C16H16F3N3O4S/c1-3-11(14(24)25-2)27-15-22-21-12(26-15)8-20-13(23)9-5-4-6-10(7-9)16(17,18)19/h4-7,11H,3,8H2,1-2H3,(H,20,23)/t11-/m1/s1. The van der Waals surface area contributed by atoms with E-state index in [1.807, 2.05) is 0 Å². The second kappa shape index (κ2) is 8.89. The summed E-state index contributed by atoms with van der Waals surface area (Å²) in [4.78, 5) is 23.6. The number of nitrogens with one attached hydrogen (secondary N) is 1. The van der Waals surface area contributed by atoms with Crippen LogP contribution in [0.1, 0.15) is 35.2 Å². The maximum atomic E-state index is 12.7. The van der Waals surface area contributed by atoms with Crippen molar-refractivity contribution in [3.8, 4) is 0 Å². The Morgan fingerprint density at radius 2 is 2.07 bits per heavy atom. The maximum absolute atomic E-state index is 12.7. The number of amides is 1. The predicted octanol–water partition coefficient (Wildman–Crippen LogP) is 3.06. The van der Waals surface area contributed by atoms with E-state index >= 15 is 0 Å². The third kappa shape index (κ3) is 5.71. The third-order valence-electron chi connectivity index (χ3n) is 3.38. The van der Waals surface area contributed by atoms with Gasteiger partial charge in [-0.3, -0.25) is 9.59 Å². The monoisotopic (exact) mass is 403 g/mol. The van der Waals surface area contributed by atoms with E-state index in [0.29, 0.717) is 6.42 Å². The molecule has 0 unspecified atom stereocenters. The van der Waals surface area contributed by atoms with Crippen molar-refractivity contribution < 1.29 is 31.9 Å². The summed E-state index contributed by atoms with van der Waals surface area (Å²) in [5, 5.41) is 9.50. The predicted molar refractivity (Wildman–Crippen MR) is 88.9 cm³/mol. The third-order valence-corrected chi connectivity index (χ3v) is 4.56. The lowest BCUT2D eigenvalue weighted by molar-refractivity contribution is -0.140. The van der Waals surface area contributed by atoms with E-state index in [9.17, 15) is 22.8 Å². The zero-order chi connectivity index (χ0) is 20.0. The van der Waals surface area contributed by atoms with Crippen molar-refractivity contribution >= 4 is 23.6 Å². The smallest absolute Gasteiger partial charge is 0.416 e. The largest absolute Gasteiger partial charge is 0.468 e. The van der Waals surface area contributed by atoms with Gasteiger partial charge >= 0.3 is 12.1 Å². The van der Waals surface area contributed by atoms with Gasteiger partial charge in [0.25, 0.3) is 11.1 Å². The van der Waals surface area contributed by atoms with Crippen LogP contribution in [-0.2, 0) is 22.3 Å². The van der Waals surface area contributed by atoms with Crippen LogP contribution in [0.2, 0.25) is 0 Å². The molecular weight excluding hydrogens is 387 g/mol. The molecule has 0 aliphatic rings. The normalized spacial score (nSPS) is 12.5. The molecule has 0 aliphatic heterocycles. The molecule has 1 heterocycles. The molecule has 1 atom stereocenters. The Kier molecular flexibility index (Phi) is 6.83. The van der Waals surface area contributed by atoms with Gasteiger partial charge in [0.05, 0.1) is 19.2 Å². The summed E-state index contributed by atoms with van der Waals surface area (Å²) in [5.41, 5.74) is -1.06. The molecular formula is C16H16F3N3O4S. The fourth-order valence-electron chi connectivity index (χ4n) is 2.00. The Hall–Kier alpha value is -2.56. The summed E-state index contributed by atoms with van der Waals surface area (Å²) >= 11 is 1.03. The summed E-state index contributed by atoms with van der Waals surface area (Å²) in [5.74, 6) is -1.09. The number of ether oxygens (including phenoxy) is 1. The molecule has 2 rings (SSSR count). The molecule has 7 nitrogen and oxygen atoms in total. The fraction of sp³-hybridized carbons (Fsp3) is 0.375. The van der Waals surface area contributed by atoms with Gasteiger partial charge in [-0.1, -0.05) is 24.8 Å². The highest BCUT2D eigenvalue weighted by atomic mass is 32.2. The van der Waals surface area contributed by atoms with Crippen molar-refractivity contribution in [1.82, 2.24) is 15.5 Å². The van der Waals surface area contributed by atoms with Gasteiger partial charge in [0.2, 0.25) is 5.89 Å². The minimum absolute atomic E-state index is 0.0533. The van der Waals surface area contributed by atoms with Crippen LogP contribution in [0.3, 0.4) is 0 Å². The zero-order valence-electron chi connectivity index (χ0n) is 14.4. The van der Waals surface area contributed by atoms with Crippen molar-refractivity contribution in [3.05, 3.63) is 41.3 Å². The van der Waals surface area contributed by atoms with Crippen LogP contribution in [0.5, 0.6) is 0 Å². The molecule has 2 aromatic rings. The first kappa shape index (κ1) is 20.7. The number of hydrogen-bond donors (Lipinski definition) is 1. The number of hydrogen-bond acceptors (Lipinski definition) is 7. The molecule has 0 bridgehead atoms. The van der Waals surface area contributed by atoms with Crippen LogP contribution in [0.4, 0.5) is 13.2 Å². The number of methoxy groups -OCH3 is 1. The summed E-state index contributed by atoms with van der Waals surface area (Å²) in [6.45, 7) is 1.62. The van der Waals surface area contributed by atoms with Gasteiger partial charge in [-0.25, -0.2) is 0 Å². The average molecular weight is 403 g/mol. The van der Waals surface area contributed by atoms with Crippen molar-refractivity contribution in [2.45, 2.75) is 36.5 Å². The number of aromatic nitrogens is 2. The number of carbonyl (C=O) groups is 2.